The molecular formula is C14H22N2O. The highest BCUT2D eigenvalue weighted by molar-refractivity contribution is 5.18. The molecule has 2 heterocycles. The molecule has 3 heteroatoms. The van der Waals surface area contributed by atoms with Crippen LogP contribution in [-0.2, 0) is 0 Å². The van der Waals surface area contributed by atoms with Crippen LogP contribution in [0, 0.1) is 12.8 Å². The van der Waals surface area contributed by atoms with Gasteiger partial charge in [-0.15, -0.1) is 0 Å². The maximum atomic E-state index is 5.65. The molecule has 0 bridgehead atoms. The van der Waals surface area contributed by atoms with E-state index in [9.17, 15) is 0 Å². The van der Waals surface area contributed by atoms with E-state index in [1.807, 2.05) is 12.1 Å². The molecule has 0 radical (unpaired) electrons. The summed E-state index contributed by atoms with van der Waals surface area (Å²) in [6.45, 7) is 5.22. The summed E-state index contributed by atoms with van der Waals surface area (Å²) in [6.07, 6.45) is 6.89. The van der Waals surface area contributed by atoms with E-state index in [0.717, 1.165) is 24.8 Å². The maximum absolute atomic E-state index is 5.65. The fourth-order valence-electron chi connectivity index (χ4n) is 2.31. The van der Waals surface area contributed by atoms with Gasteiger partial charge in [0.05, 0.1) is 6.61 Å². The number of nitrogens with zero attached hydrogens (tertiary/aromatic N) is 1. The van der Waals surface area contributed by atoms with Gasteiger partial charge >= 0.3 is 0 Å². The van der Waals surface area contributed by atoms with E-state index in [0.29, 0.717) is 0 Å². The van der Waals surface area contributed by atoms with Crippen molar-refractivity contribution in [1.82, 2.24) is 10.3 Å². The molecule has 0 saturated carbocycles. The van der Waals surface area contributed by atoms with Gasteiger partial charge in [-0.3, -0.25) is 0 Å². The molecule has 1 aromatic heterocycles. The van der Waals surface area contributed by atoms with Gasteiger partial charge in [0, 0.05) is 12.3 Å². The second kappa shape index (κ2) is 6.60. The van der Waals surface area contributed by atoms with Crippen molar-refractivity contribution in [2.45, 2.75) is 32.6 Å². The molecule has 17 heavy (non-hydrogen) atoms. The van der Waals surface area contributed by atoms with Crippen LogP contribution < -0.4 is 10.1 Å². The topological polar surface area (TPSA) is 34.1 Å². The lowest BCUT2D eigenvalue weighted by atomic mass is 9.95. The van der Waals surface area contributed by atoms with Gasteiger partial charge in [0.1, 0.15) is 0 Å². The normalized spacial score (nSPS) is 20.2. The SMILES string of the molecule is Cc1ccnc(OCCC[C@@H]2CCCNC2)c1. The summed E-state index contributed by atoms with van der Waals surface area (Å²) < 4.78 is 5.65. The minimum absolute atomic E-state index is 0.756. The summed E-state index contributed by atoms with van der Waals surface area (Å²) in [4.78, 5) is 4.19. The third-order valence-corrected chi connectivity index (χ3v) is 3.30. The van der Waals surface area contributed by atoms with E-state index < -0.39 is 0 Å². The number of rotatable bonds is 5. The molecule has 2 rings (SSSR count). The standard InChI is InChI=1S/C14H22N2O/c1-12-6-8-16-14(10-12)17-9-3-5-13-4-2-7-15-11-13/h6,8,10,13,15H,2-5,7,9,11H2,1H3/t13-/m0/s1. The van der Waals surface area contributed by atoms with Crippen LogP contribution in [0.5, 0.6) is 5.88 Å². The van der Waals surface area contributed by atoms with E-state index in [1.165, 1.54) is 37.9 Å². The molecule has 1 fully saturated rings. The minimum atomic E-state index is 0.756. The van der Waals surface area contributed by atoms with Crippen LogP contribution in [-0.4, -0.2) is 24.7 Å². The summed E-state index contributed by atoms with van der Waals surface area (Å²) in [7, 11) is 0. The quantitative estimate of drug-likeness (QED) is 0.795. The molecule has 0 aliphatic carbocycles. The summed E-state index contributed by atoms with van der Waals surface area (Å²) in [5.41, 5.74) is 1.20. The number of hydrogen-bond donors (Lipinski definition) is 1. The molecular weight excluding hydrogens is 212 g/mol. The molecule has 0 unspecified atom stereocenters. The van der Waals surface area contributed by atoms with E-state index in [1.54, 1.807) is 6.20 Å². The molecule has 0 spiro atoms. The Bertz CT molecular complexity index is 335. The molecule has 3 nitrogen and oxygen atoms in total. The molecule has 0 amide bonds. The zero-order valence-corrected chi connectivity index (χ0v) is 10.6. The lowest BCUT2D eigenvalue weighted by Gasteiger charge is -2.22. The predicted octanol–water partition coefficient (Wildman–Crippen LogP) is 2.55. The van der Waals surface area contributed by atoms with Gasteiger partial charge in [0.15, 0.2) is 0 Å². The molecule has 1 aromatic rings. The number of nitrogens with one attached hydrogen (secondary N) is 1. The Morgan fingerprint density at radius 2 is 2.47 bits per heavy atom. The van der Waals surface area contributed by atoms with Crippen molar-refractivity contribution >= 4 is 0 Å². The average Bonchev–Trinajstić information content (AvgIpc) is 2.36. The first-order chi connectivity index (χ1) is 8.34. The summed E-state index contributed by atoms with van der Waals surface area (Å²) in [5, 5.41) is 3.45. The van der Waals surface area contributed by atoms with Gasteiger partial charge in [0.2, 0.25) is 5.88 Å². The number of aryl methyl sites for hydroxylation is 1. The van der Waals surface area contributed by atoms with Crippen molar-refractivity contribution < 1.29 is 4.74 Å². The highest BCUT2D eigenvalue weighted by Crippen LogP contribution is 2.16. The van der Waals surface area contributed by atoms with Crippen molar-refractivity contribution in [3.05, 3.63) is 23.9 Å². The Balaban J connectivity index is 1.62. The van der Waals surface area contributed by atoms with Crippen molar-refractivity contribution in [3.63, 3.8) is 0 Å². The molecule has 1 atom stereocenters. The Kier molecular flexibility index (Phi) is 4.80. The van der Waals surface area contributed by atoms with Crippen LogP contribution in [0.4, 0.5) is 0 Å². The molecule has 1 saturated heterocycles. The fourth-order valence-corrected chi connectivity index (χ4v) is 2.31. The molecule has 0 aromatic carbocycles. The number of ether oxygens (including phenoxy) is 1. The smallest absolute Gasteiger partial charge is 0.213 e. The number of hydrogen-bond acceptors (Lipinski definition) is 3. The largest absolute Gasteiger partial charge is 0.478 e. The van der Waals surface area contributed by atoms with Gasteiger partial charge in [-0.25, -0.2) is 4.98 Å². The van der Waals surface area contributed by atoms with Crippen LogP contribution >= 0.6 is 0 Å². The number of pyridine rings is 1. The number of piperidine rings is 1. The van der Waals surface area contributed by atoms with Crippen molar-refractivity contribution in [3.8, 4) is 5.88 Å². The Labute approximate surface area is 104 Å². The minimum Gasteiger partial charge on any atom is -0.478 e. The van der Waals surface area contributed by atoms with Crippen molar-refractivity contribution in [1.29, 1.82) is 0 Å². The van der Waals surface area contributed by atoms with Gasteiger partial charge in [-0.05, 0) is 63.2 Å². The van der Waals surface area contributed by atoms with E-state index in [-0.39, 0.29) is 0 Å². The molecule has 1 N–H and O–H groups in total. The summed E-state index contributed by atoms with van der Waals surface area (Å²) in [5.74, 6) is 1.60. The van der Waals surface area contributed by atoms with Gasteiger partial charge in [-0.1, -0.05) is 0 Å². The third kappa shape index (κ3) is 4.35. The van der Waals surface area contributed by atoms with Crippen LogP contribution in [0.3, 0.4) is 0 Å². The Hall–Kier alpha value is -1.09. The first-order valence-corrected chi connectivity index (χ1v) is 6.61. The molecule has 1 aliphatic heterocycles. The second-order valence-corrected chi connectivity index (χ2v) is 4.87. The number of aromatic nitrogens is 1. The predicted molar refractivity (Wildman–Crippen MR) is 69.3 cm³/mol. The summed E-state index contributed by atoms with van der Waals surface area (Å²) in [6, 6.07) is 3.97. The van der Waals surface area contributed by atoms with Crippen molar-refractivity contribution in [2.24, 2.45) is 5.92 Å². The van der Waals surface area contributed by atoms with Crippen LogP contribution in [0.25, 0.3) is 0 Å². The lowest BCUT2D eigenvalue weighted by Crippen LogP contribution is -2.29. The average molecular weight is 234 g/mol. The van der Waals surface area contributed by atoms with Gasteiger partial charge in [0.25, 0.3) is 0 Å². The molecule has 1 aliphatic rings. The maximum Gasteiger partial charge on any atom is 0.213 e. The zero-order valence-electron chi connectivity index (χ0n) is 10.6. The van der Waals surface area contributed by atoms with E-state index in [2.05, 4.69) is 17.2 Å². The van der Waals surface area contributed by atoms with Crippen LogP contribution in [0.2, 0.25) is 0 Å². The Morgan fingerprint density at radius 3 is 3.24 bits per heavy atom. The van der Waals surface area contributed by atoms with E-state index >= 15 is 0 Å². The van der Waals surface area contributed by atoms with Gasteiger partial charge < -0.3 is 10.1 Å². The Morgan fingerprint density at radius 1 is 1.53 bits per heavy atom. The zero-order chi connectivity index (χ0) is 11.9. The van der Waals surface area contributed by atoms with Crippen LogP contribution in [0.15, 0.2) is 18.3 Å². The fraction of sp³-hybridized carbons (Fsp3) is 0.643. The van der Waals surface area contributed by atoms with E-state index in [4.69, 9.17) is 4.74 Å². The highest BCUT2D eigenvalue weighted by atomic mass is 16.5. The molecule has 94 valence electrons. The monoisotopic (exact) mass is 234 g/mol. The second-order valence-electron chi connectivity index (χ2n) is 4.87. The first kappa shape index (κ1) is 12.4. The third-order valence-electron chi connectivity index (χ3n) is 3.30. The van der Waals surface area contributed by atoms with Crippen LogP contribution in [0.1, 0.15) is 31.2 Å². The van der Waals surface area contributed by atoms with Gasteiger partial charge in [-0.2, -0.15) is 0 Å². The van der Waals surface area contributed by atoms with Crippen molar-refractivity contribution in [2.75, 3.05) is 19.7 Å². The first-order valence-electron chi connectivity index (χ1n) is 6.61. The summed E-state index contributed by atoms with van der Waals surface area (Å²) >= 11 is 0. The lowest BCUT2D eigenvalue weighted by molar-refractivity contribution is 0.268. The highest BCUT2D eigenvalue weighted by Gasteiger charge is 2.12.